The average molecular weight is 315 g/mol. The van der Waals surface area contributed by atoms with Gasteiger partial charge in [-0.25, -0.2) is 0 Å². The van der Waals surface area contributed by atoms with E-state index in [1.54, 1.807) is 0 Å². The summed E-state index contributed by atoms with van der Waals surface area (Å²) < 4.78 is 86.1. The molecule has 0 unspecified atom stereocenters. The zero-order valence-electron chi connectivity index (χ0n) is 7.99. The van der Waals surface area contributed by atoms with Crippen molar-refractivity contribution >= 4 is 28.7 Å². The van der Waals surface area contributed by atoms with Crippen molar-refractivity contribution in [3.05, 3.63) is 21.3 Å². The van der Waals surface area contributed by atoms with Crippen molar-refractivity contribution in [2.45, 2.75) is 18.0 Å². The quantitative estimate of drug-likeness (QED) is 0.596. The van der Waals surface area contributed by atoms with Crippen LogP contribution in [0.3, 0.4) is 0 Å². The summed E-state index contributed by atoms with van der Waals surface area (Å²) in [7, 11) is 0. The fourth-order valence-corrected chi connectivity index (χ4v) is 1.93. The Labute approximate surface area is 104 Å². The van der Waals surface area contributed by atoms with Crippen LogP contribution in [0.15, 0.2) is 12.1 Å². The van der Waals surface area contributed by atoms with Crippen LogP contribution in [0, 0.1) is 0 Å². The van der Waals surface area contributed by atoms with Gasteiger partial charge in [-0.05, 0) is 12.1 Å². The molecule has 0 amide bonds. The summed E-state index contributed by atoms with van der Waals surface area (Å²) in [5.74, 6) is -15.0. The van der Waals surface area contributed by atoms with Gasteiger partial charge in [0.15, 0.2) is 0 Å². The molecule has 1 heterocycles. The summed E-state index contributed by atoms with van der Waals surface area (Å²) in [6, 6.07) is 1.58. The van der Waals surface area contributed by atoms with Crippen LogP contribution in [0.5, 0.6) is 0 Å². The fraction of sp³-hybridized carbons (Fsp3) is 0.375. The topological polar surface area (TPSA) is 17.1 Å². The lowest BCUT2D eigenvalue weighted by Crippen LogP contribution is -2.56. The monoisotopic (exact) mass is 314 g/mol. The van der Waals surface area contributed by atoms with Crippen LogP contribution < -0.4 is 0 Å². The molecule has 0 bridgehead atoms. The van der Waals surface area contributed by atoms with Crippen molar-refractivity contribution in [3.63, 3.8) is 0 Å². The molecule has 0 radical (unpaired) electrons. The molecule has 102 valence electrons. The molecule has 1 rings (SSSR count). The Balaban J connectivity index is 3.18. The first-order chi connectivity index (χ1) is 7.91. The normalized spacial score (nSPS) is 13.8. The van der Waals surface area contributed by atoms with Gasteiger partial charge in [-0.2, -0.15) is 30.7 Å². The number of alkyl halides is 7. The van der Waals surface area contributed by atoms with E-state index < -0.39 is 28.7 Å². The molecule has 10 heteroatoms. The maximum atomic E-state index is 12.9. The summed E-state index contributed by atoms with van der Waals surface area (Å²) in [6.07, 6.45) is -6.53. The lowest BCUT2D eigenvalue weighted by atomic mass is 10.1. The largest absolute Gasteiger partial charge is 0.460 e. The average Bonchev–Trinajstić information content (AvgIpc) is 2.61. The SMILES string of the molecule is O=C(c1ccc(Cl)s1)C(F)(F)C(F)(F)C(F)(F)F. The summed E-state index contributed by atoms with van der Waals surface area (Å²) in [4.78, 5) is 10.0. The second-order valence-corrected chi connectivity index (χ2v) is 4.79. The van der Waals surface area contributed by atoms with E-state index in [4.69, 9.17) is 11.6 Å². The molecule has 1 nitrogen and oxygen atoms in total. The maximum absolute atomic E-state index is 12.9. The van der Waals surface area contributed by atoms with Gasteiger partial charge in [0.25, 0.3) is 0 Å². The van der Waals surface area contributed by atoms with E-state index in [0.717, 1.165) is 6.07 Å². The molecule has 0 saturated heterocycles. The van der Waals surface area contributed by atoms with E-state index in [9.17, 15) is 35.5 Å². The molecule has 0 fully saturated rings. The number of ketones is 1. The van der Waals surface area contributed by atoms with Gasteiger partial charge in [-0.15, -0.1) is 11.3 Å². The van der Waals surface area contributed by atoms with Gasteiger partial charge in [-0.3, -0.25) is 4.79 Å². The third-order valence-electron chi connectivity index (χ3n) is 1.83. The first-order valence-corrected chi connectivity index (χ1v) is 5.23. The number of rotatable bonds is 3. The minimum absolute atomic E-state index is 0.185. The minimum atomic E-state index is -6.53. The predicted molar refractivity (Wildman–Crippen MR) is 49.6 cm³/mol. The van der Waals surface area contributed by atoms with Gasteiger partial charge >= 0.3 is 18.0 Å². The Kier molecular flexibility index (Phi) is 3.70. The second kappa shape index (κ2) is 4.37. The molecule has 0 aliphatic carbocycles. The van der Waals surface area contributed by atoms with Gasteiger partial charge in [-0.1, -0.05) is 11.6 Å². The van der Waals surface area contributed by atoms with Gasteiger partial charge < -0.3 is 0 Å². The highest BCUT2D eigenvalue weighted by molar-refractivity contribution is 7.18. The van der Waals surface area contributed by atoms with Crippen LogP contribution in [0.25, 0.3) is 0 Å². The van der Waals surface area contributed by atoms with Gasteiger partial charge in [0, 0.05) is 0 Å². The zero-order chi connectivity index (χ0) is 14.4. The predicted octanol–water partition coefficient (Wildman–Crippen LogP) is 4.42. The summed E-state index contributed by atoms with van der Waals surface area (Å²) >= 11 is 5.46. The maximum Gasteiger partial charge on any atom is 0.460 e. The lowest BCUT2D eigenvalue weighted by Gasteiger charge is -2.26. The molecular formula is C8H2ClF7OS. The number of carbonyl (C=O) groups excluding carboxylic acids is 1. The number of thiophene rings is 1. The number of hydrogen-bond acceptors (Lipinski definition) is 2. The number of hydrogen-bond donors (Lipinski definition) is 0. The molecule has 0 saturated carbocycles. The van der Waals surface area contributed by atoms with Crippen LogP contribution in [0.4, 0.5) is 30.7 Å². The number of Topliss-reactive ketones (excluding diaryl/α,β-unsaturated/α-hetero) is 1. The molecule has 1 aromatic rings. The Hall–Kier alpha value is -0.830. The molecular weight excluding hydrogens is 313 g/mol. The number of halogens is 8. The first kappa shape index (κ1) is 15.2. The van der Waals surface area contributed by atoms with Crippen molar-refractivity contribution in [2.75, 3.05) is 0 Å². The molecule has 0 atom stereocenters. The van der Waals surface area contributed by atoms with Crippen molar-refractivity contribution in [2.24, 2.45) is 0 Å². The molecule has 0 aliphatic rings. The Morgan fingerprint density at radius 3 is 1.89 bits per heavy atom. The summed E-state index contributed by atoms with van der Waals surface area (Å²) in [5.41, 5.74) is 0. The zero-order valence-corrected chi connectivity index (χ0v) is 9.57. The molecule has 0 aliphatic heterocycles. The summed E-state index contributed by atoms with van der Waals surface area (Å²) in [5, 5.41) is 0. The molecule has 0 aromatic carbocycles. The standard InChI is InChI=1S/C8H2ClF7OS/c9-4-2-1-3(18-4)5(17)6(10,11)7(12,13)8(14,15)16/h1-2H. The van der Waals surface area contributed by atoms with E-state index in [-0.39, 0.29) is 15.7 Å². The Morgan fingerprint density at radius 2 is 1.56 bits per heavy atom. The minimum Gasteiger partial charge on any atom is -0.286 e. The first-order valence-electron chi connectivity index (χ1n) is 4.03. The van der Waals surface area contributed by atoms with Crippen molar-refractivity contribution in [3.8, 4) is 0 Å². The van der Waals surface area contributed by atoms with Crippen LogP contribution in [0.1, 0.15) is 9.67 Å². The van der Waals surface area contributed by atoms with E-state index in [1.165, 1.54) is 0 Å². The van der Waals surface area contributed by atoms with E-state index >= 15 is 0 Å². The third-order valence-corrected chi connectivity index (χ3v) is 3.06. The Morgan fingerprint density at radius 1 is 1.06 bits per heavy atom. The van der Waals surface area contributed by atoms with Gasteiger partial charge in [0.2, 0.25) is 5.78 Å². The molecule has 18 heavy (non-hydrogen) atoms. The highest BCUT2D eigenvalue weighted by Gasteiger charge is 2.76. The smallest absolute Gasteiger partial charge is 0.286 e. The third kappa shape index (κ3) is 2.33. The van der Waals surface area contributed by atoms with Crippen molar-refractivity contribution < 1.29 is 35.5 Å². The van der Waals surface area contributed by atoms with Crippen LogP contribution in [-0.4, -0.2) is 23.8 Å². The van der Waals surface area contributed by atoms with Gasteiger partial charge in [0.05, 0.1) is 9.21 Å². The summed E-state index contributed by atoms with van der Waals surface area (Å²) in [6.45, 7) is 0. The van der Waals surface area contributed by atoms with Crippen LogP contribution >= 0.6 is 22.9 Å². The fourth-order valence-electron chi connectivity index (χ4n) is 0.912. The highest BCUT2D eigenvalue weighted by atomic mass is 35.5. The Bertz CT molecular complexity index is 464. The van der Waals surface area contributed by atoms with Crippen molar-refractivity contribution in [1.29, 1.82) is 0 Å². The van der Waals surface area contributed by atoms with E-state index in [2.05, 4.69) is 0 Å². The second-order valence-electron chi connectivity index (χ2n) is 3.08. The van der Waals surface area contributed by atoms with E-state index in [1.807, 2.05) is 0 Å². The van der Waals surface area contributed by atoms with Crippen molar-refractivity contribution in [1.82, 2.24) is 0 Å². The van der Waals surface area contributed by atoms with Gasteiger partial charge in [0.1, 0.15) is 0 Å². The van der Waals surface area contributed by atoms with Crippen LogP contribution in [-0.2, 0) is 0 Å². The van der Waals surface area contributed by atoms with Crippen LogP contribution in [0.2, 0.25) is 4.34 Å². The lowest BCUT2D eigenvalue weighted by molar-refractivity contribution is -0.339. The molecule has 0 N–H and O–H groups in total. The van der Waals surface area contributed by atoms with E-state index in [0.29, 0.717) is 6.07 Å². The molecule has 1 aromatic heterocycles. The number of carbonyl (C=O) groups is 1. The highest BCUT2D eigenvalue weighted by Crippen LogP contribution is 2.48. The molecule has 0 spiro atoms.